The Morgan fingerprint density at radius 3 is 2.61 bits per heavy atom. The average Bonchev–Trinajstić information content (AvgIpc) is 3.13. The van der Waals surface area contributed by atoms with Crippen LogP contribution in [0.15, 0.2) is 42.5 Å². The van der Waals surface area contributed by atoms with Gasteiger partial charge in [-0.2, -0.15) is 0 Å². The summed E-state index contributed by atoms with van der Waals surface area (Å²) in [6.07, 6.45) is 6.34. The number of hydrogen-bond acceptors (Lipinski definition) is 3. The SMILES string of the molecule is CN(C)CCN1CCn2c(c(C3CCCCC3)c3ccc(C(=O)O)cc32)-c2ccccc2C1. The molecule has 0 radical (unpaired) electrons. The summed E-state index contributed by atoms with van der Waals surface area (Å²) in [5.41, 5.74) is 6.93. The fourth-order valence-corrected chi connectivity index (χ4v) is 5.82. The van der Waals surface area contributed by atoms with Crippen LogP contribution in [-0.4, -0.2) is 59.2 Å². The van der Waals surface area contributed by atoms with Gasteiger partial charge in [-0.25, -0.2) is 4.79 Å². The van der Waals surface area contributed by atoms with Crippen LogP contribution in [0.2, 0.25) is 0 Å². The van der Waals surface area contributed by atoms with E-state index < -0.39 is 5.97 Å². The third kappa shape index (κ3) is 4.32. The summed E-state index contributed by atoms with van der Waals surface area (Å²) < 4.78 is 2.44. The molecule has 5 heteroatoms. The summed E-state index contributed by atoms with van der Waals surface area (Å²) in [5, 5.41) is 11.0. The van der Waals surface area contributed by atoms with Gasteiger partial charge in [0.25, 0.3) is 0 Å². The van der Waals surface area contributed by atoms with Crippen molar-refractivity contribution in [2.75, 3.05) is 33.7 Å². The van der Waals surface area contributed by atoms with Crippen molar-refractivity contribution >= 4 is 16.9 Å². The molecule has 5 nitrogen and oxygen atoms in total. The van der Waals surface area contributed by atoms with Crippen molar-refractivity contribution in [1.29, 1.82) is 0 Å². The number of fused-ring (bicyclic) bond motifs is 5. The lowest BCUT2D eigenvalue weighted by Crippen LogP contribution is -2.35. The molecule has 0 amide bonds. The van der Waals surface area contributed by atoms with Crippen LogP contribution >= 0.6 is 0 Å². The molecule has 1 aliphatic carbocycles. The maximum absolute atomic E-state index is 11.8. The van der Waals surface area contributed by atoms with Gasteiger partial charge in [0.15, 0.2) is 0 Å². The standard InChI is InChI=1S/C28H35N3O2/c1-29(2)14-15-30-16-17-31-25-18-21(28(32)33)12-13-24(25)26(20-8-4-3-5-9-20)27(31)23-11-7-6-10-22(23)19-30/h6-7,10-13,18,20H,3-5,8-9,14-17,19H2,1-2H3,(H,32,33). The molecule has 0 bridgehead atoms. The van der Waals surface area contributed by atoms with Crippen LogP contribution in [0.3, 0.4) is 0 Å². The summed E-state index contributed by atoms with van der Waals surface area (Å²) >= 11 is 0. The van der Waals surface area contributed by atoms with Crippen LogP contribution in [0.4, 0.5) is 0 Å². The highest BCUT2D eigenvalue weighted by atomic mass is 16.4. The Morgan fingerprint density at radius 2 is 1.85 bits per heavy atom. The zero-order valence-corrected chi connectivity index (χ0v) is 19.9. The molecule has 0 saturated heterocycles. The van der Waals surface area contributed by atoms with E-state index in [-0.39, 0.29) is 0 Å². The van der Waals surface area contributed by atoms with E-state index in [1.165, 1.54) is 59.9 Å². The predicted molar refractivity (Wildman–Crippen MR) is 134 cm³/mol. The number of aromatic nitrogens is 1. The first kappa shape index (κ1) is 22.2. The monoisotopic (exact) mass is 445 g/mol. The molecule has 1 N–H and O–H groups in total. The number of carbonyl (C=O) groups is 1. The highest BCUT2D eigenvalue weighted by Crippen LogP contribution is 2.45. The quantitative estimate of drug-likeness (QED) is 0.569. The molecule has 3 aromatic rings. The molecular weight excluding hydrogens is 410 g/mol. The average molecular weight is 446 g/mol. The lowest BCUT2D eigenvalue weighted by atomic mass is 9.81. The van der Waals surface area contributed by atoms with Gasteiger partial charge in [0.1, 0.15) is 0 Å². The topological polar surface area (TPSA) is 48.7 Å². The Hall–Kier alpha value is -2.63. The van der Waals surface area contributed by atoms with E-state index in [0.29, 0.717) is 11.5 Å². The first-order valence-electron chi connectivity index (χ1n) is 12.4. The molecule has 2 aliphatic rings. The molecule has 1 aliphatic heterocycles. The molecule has 0 atom stereocenters. The van der Waals surface area contributed by atoms with Gasteiger partial charge in [-0.05, 0) is 56.1 Å². The number of rotatable bonds is 5. The molecule has 33 heavy (non-hydrogen) atoms. The molecule has 5 rings (SSSR count). The summed E-state index contributed by atoms with van der Waals surface area (Å²) in [6.45, 7) is 4.84. The van der Waals surface area contributed by atoms with Crippen molar-refractivity contribution in [3.63, 3.8) is 0 Å². The molecule has 2 aromatic carbocycles. The summed E-state index contributed by atoms with van der Waals surface area (Å²) in [6, 6.07) is 14.6. The second kappa shape index (κ2) is 9.32. The van der Waals surface area contributed by atoms with Gasteiger partial charge >= 0.3 is 5.97 Å². The molecule has 1 saturated carbocycles. The number of nitrogens with zero attached hydrogens (tertiary/aromatic N) is 3. The first-order valence-corrected chi connectivity index (χ1v) is 12.4. The molecule has 2 heterocycles. The van der Waals surface area contributed by atoms with Crippen LogP contribution in [0, 0.1) is 0 Å². The Labute approximate surface area is 196 Å². The van der Waals surface area contributed by atoms with E-state index in [1.54, 1.807) is 6.07 Å². The lowest BCUT2D eigenvalue weighted by molar-refractivity contribution is 0.0697. The highest BCUT2D eigenvalue weighted by Gasteiger charge is 2.29. The van der Waals surface area contributed by atoms with Crippen LogP contribution in [-0.2, 0) is 13.1 Å². The molecule has 174 valence electrons. The van der Waals surface area contributed by atoms with E-state index in [1.807, 2.05) is 6.07 Å². The van der Waals surface area contributed by atoms with Gasteiger partial charge in [0, 0.05) is 49.2 Å². The third-order valence-corrected chi connectivity index (χ3v) is 7.53. The Morgan fingerprint density at radius 1 is 1.06 bits per heavy atom. The van der Waals surface area contributed by atoms with Crippen LogP contribution < -0.4 is 0 Å². The summed E-state index contributed by atoms with van der Waals surface area (Å²) in [7, 11) is 4.25. The van der Waals surface area contributed by atoms with Crippen molar-refractivity contribution in [3.05, 3.63) is 59.2 Å². The van der Waals surface area contributed by atoms with E-state index >= 15 is 0 Å². The smallest absolute Gasteiger partial charge is 0.335 e. The van der Waals surface area contributed by atoms with Crippen molar-refractivity contribution in [2.45, 2.75) is 51.1 Å². The molecule has 0 spiro atoms. The van der Waals surface area contributed by atoms with E-state index in [2.05, 4.69) is 58.8 Å². The second-order valence-electron chi connectivity index (χ2n) is 10.0. The number of aromatic carboxylic acids is 1. The van der Waals surface area contributed by atoms with Gasteiger partial charge in [-0.1, -0.05) is 49.6 Å². The van der Waals surface area contributed by atoms with E-state index in [4.69, 9.17) is 0 Å². The Balaban J connectivity index is 1.71. The van der Waals surface area contributed by atoms with Crippen molar-refractivity contribution in [2.24, 2.45) is 0 Å². The van der Waals surface area contributed by atoms with Crippen molar-refractivity contribution < 1.29 is 9.90 Å². The van der Waals surface area contributed by atoms with Crippen molar-refractivity contribution in [3.8, 4) is 11.3 Å². The van der Waals surface area contributed by atoms with Crippen LogP contribution in [0.5, 0.6) is 0 Å². The van der Waals surface area contributed by atoms with Gasteiger partial charge in [-0.3, -0.25) is 4.90 Å². The fraction of sp³-hybridized carbons (Fsp3) is 0.464. The molecule has 1 aromatic heterocycles. The normalized spacial score (nSPS) is 17.5. The Bertz CT molecular complexity index is 1160. The van der Waals surface area contributed by atoms with Gasteiger partial charge in [0.2, 0.25) is 0 Å². The maximum Gasteiger partial charge on any atom is 0.335 e. The number of likely N-dealkylation sites (N-methyl/N-ethyl adjacent to an activating group) is 1. The van der Waals surface area contributed by atoms with Crippen LogP contribution in [0.1, 0.15) is 59.5 Å². The molecular formula is C28H35N3O2. The van der Waals surface area contributed by atoms with Crippen LogP contribution in [0.25, 0.3) is 22.2 Å². The predicted octanol–water partition coefficient (Wildman–Crippen LogP) is 5.43. The minimum atomic E-state index is -0.856. The third-order valence-electron chi connectivity index (χ3n) is 7.53. The minimum Gasteiger partial charge on any atom is -0.478 e. The van der Waals surface area contributed by atoms with E-state index in [9.17, 15) is 9.90 Å². The van der Waals surface area contributed by atoms with Crippen molar-refractivity contribution in [1.82, 2.24) is 14.4 Å². The largest absolute Gasteiger partial charge is 0.478 e. The zero-order chi connectivity index (χ0) is 22.9. The molecule has 1 fully saturated rings. The fourth-order valence-electron chi connectivity index (χ4n) is 5.82. The van der Waals surface area contributed by atoms with E-state index in [0.717, 1.165) is 38.2 Å². The number of benzene rings is 2. The number of hydrogen-bond donors (Lipinski definition) is 1. The number of carboxylic acids is 1. The zero-order valence-electron chi connectivity index (χ0n) is 19.9. The van der Waals surface area contributed by atoms with Gasteiger partial charge in [0.05, 0.1) is 11.3 Å². The van der Waals surface area contributed by atoms with Gasteiger partial charge < -0.3 is 14.6 Å². The summed E-state index contributed by atoms with van der Waals surface area (Å²) in [5.74, 6) is -0.309. The molecule has 0 unspecified atom stereocenters. The Kier molecular flexibility index (Phi) is 6.26. The minimum absolute atomic E-state index is 0.373. The lowest BCUT2D eigenvalue weighted by Gasteiger charge is -2.30. The second-order valence-corrected chi connectivity index (χ2v) is 10.0. The van der Waals surface area contributed by atoms with Gasteiger partial charge in [-0.15, -0.1) is 0 Å². The first-order chi connectivity index (χ1) is 16.0. The summed E-state index contributed by atoms with van der Waals surface area (Å²) in [4.78, 5) is 16.6. The number of carboxylic acid groups (broad SMARTS) is 1. The maximum atomic E-state index is 11.8. The highest BCUT2D eigenvalue weighted by molar-refractivity contribution is 5.98.